The minimum absolute atomic E-state index is 0.0671. The van der Waals surface area contributed by atoms with E-state index in [9.17, 15) is 14.0 Å². The molecule has 1 atom stereocenters. The molecule has 1 fully saturated rings. The summed E-state index contributed by atoms with van der Waals surface area (Å²) in [7, 11) is 0. The van der Waals surface area contributed by atoms with Crippen LogP contribution >= 0.6 is 11.8 Å². The fourth-order valence-corrected chi connectivity index (χ4v) is 4.02. The molecule has 29 heavy (non-hydrogen) atoms. The maximum absolute atomic E-state index is 13.5. The fraction of sp³-hybridized carbons (Fsp3) is 0.286. The zero-order chi connectivity index (χ0) is 20.8. The molecule has 2 aromatic carbocycles. The van der Waals surface area contributed by atoms with Crippen LogP contribution in [0.4, 0.5) is 15.8 Å². The summed E-state index contributed by atoms with van der Waals surface area (Å²) in [4.78, 5) is 31.2. The van der Waals surface area contributed by atoms with E-state index in [1.165, 1.54) is 28.8 Å². The second-order valence-corrected chi connectivity index (χ2v) is 7.44. The maximum atomic E-state index is 13.5. The van der Waals surface area contributed by atoms with Crippen LogP contribution in [0.5, 0.6) is 5.75 Å². The molecule has 0 spiro atoms. The van der Waals surface area contributed by atoms with Gasteiger partial charge in [-0.3, -0.25) is 14.5 Å². The van der Waals surface area contributed by atoms with E-state index in [1.54, 1.807) is 36.4 Å². The zero-order valence-corrected chi connectivity index (χ0v) is 17.0. The third kappa shape index (κ3) is 5.35. The largest absolute Gasteiger partial charge is 0.494 e. The molecule has 2 amide bonds. The van der Waals surface area contributed by atoms with Crippen molar-refractivity contribution in [3.63, 3.8) is 0 Å². The minimum Gasteiger partial charge on any atom is -0.494 e. The summed E-state index contributed by atoms with van der Waals surface area (Å²) < 4.78 is 18.9. The molecular weight excluding hydrogens is 393 g/mol. The molecule has 0 aromatic heterocycles. The fourth-order valence-electron chi connectivity index (χ4n) is 2.86. The molecule has 1 aliphatic heterocycles. The van der Waals surface area contributed by atoms with Crippen LogP contribution in [0.25, 0.3) is 0 Å². The Morgan fingerprint density at radius 3 is 2.79 bits per heavy atom. The highest BCUT2D eigenvalue weighted by Crippen LogP contribution is 2.30. The van der Waals surface area contributed by atoms with Crippen molar-refractivity contribution in [1.82, 2.24) is 4.90 Å². The summed E-state index contributed by atoms with van der Waals surface area (Å²) in [5, 5.41) is 2.59. The summed E-state index contributed by atoms with van der Waals surface area (Å²) in [5.74, 6) is -0.238. The Bertz CT molecular complexity index is 935. The van der Waals surface area contributed by atoms with E-state index >= 15 is 0 Å². The SMILES string of the molecule is CCOc1cccc(NC(=O)C2CC(=O)N(CC)C(=Nc3cccc(F)c3)S2)c1. The quantitative estimate of drug-likeness (QED) is 0.767. The van der Waals surface area contributed by atoms with Crippen LogP contribution in [0.2, 0.25) is 0 Å². The number of ether oxygens (including phenoxy) is 1. The Hall–Kier alpha value is -2.87. The molecular formula is C21H22FN3O3S. The number of thioether (sulfide) groups is 1. The number of amidine groups is 1. The van der Waals surface area contributed by atoms with Crippen molar-refractivity contribution >= 4 is 40.1 Å². The van der Waals surface area contributed by atoms with Crippen molar-refractivity contribution in [2.75, 3.05) is 18.5 Å². The number of benzene rings is 2. The molecule has 2 aromatic rings. The van der Waals surface area contributed by atoms with Crippen molar-refractivity contribution < 1.29 is 18.7 Å². The number of aliphatic imine (C=N–C) groups is 1. The lowest BCUT2D eigenvalue weighted by Gasteiger charge is -2.30. The van der Waals surface area contributed by atoms with E-state index in [0.717, 1.165) is 0 Å². The zero-order valence-electron chi connectivity index (χ0n) is 16.2. The van der Waals surface area contributed by atoms with Crippen LogP contribution < -0.4 is 10.1 Å². The van der Waals surface area contributed by atoms with Gasteiger partial charge >= 0.3 is 0 Å². The predicted octanol–water partition coefficient (Wildman–Crippen LogP) is 4.20. The smallest absolute Gasteiger partial charge is 0.238 e. The van der Waals surface area contributed by atoms with E-state index in [-0.39, 0.29) is 18.2 Å². The second kappa shape index (κ2) is 9.56. The van der Waals surface area contributed by atoms with Crippen LogP contribution in [0.15, 0.2) is 53.5 Å². The maximum Gasteiger partial charge on any atom is 0.238 e. The lowest BCUT2D eigenvalue weighted by Crippen LogP contribution is -2.45. The second-order valence-electron chi connectivity index (χ2n) is 6.27. The third-order valence-electron chi connectivity index (χ3n) is 4.19. The van der Waals surface area contributed by atoms with Gasteiger partial charge in [-0.15, -0.1) is 0 Å². The normalized spacial score (nSPS) is 18.0. The van der Waals surface area contributed by atoms with Gasteiger partial charge in [0.05, 0.1) is 12.3 Å². The third-order valence-corrected chi connectivity index (χ3v) is 5.38. The number of amides is 2. The van der Waals surface area contributed by atoms with Gasteiger partial charge in [0.25, 0.3) is 0 Å². The van der Waals surface area contributed by atoms with Crippen LogP contribution in [0.3, 0.4) is 0 Å². The Labute approximate surface area is 173 Å². The van der Waals surface area contributed by atoms with Crippen molar-refractivity contribution in [3.05, 3.63) is 54.3 Å². The topological polar surface area (TPSA) is 71.0 Å². The highest BCUT2D eigenvalue weighted by Gasteiger charge is 2.35. The van der Waals surface area contributed by atoms with Crippen molar-refractivity contribution in [1.29, 1.82) is 0 Å². The lowest BCUT2D eigenvalue weighted by atomic mass is 10.2. The number of nitrogens with one attached hydrogen (secondary N) is 1. The number of hydrogen-bond acceptors (Lipinski definition) is 5. The van der Waals surface area contributed by atoms with Gasteiger partial charge in [0.1, 0.15) is 16.8 Å². The summed E-state index contributed by atoms with van der Waals surface area (Å²) in [6.07, 6.45) is 0.0671. The average molecular weight is 415 g/mol. The minimum atomic E-state index is -0.631. The van der Waals surface area contributed by atoms with Crippen molar-refractivity contribution in [2.45, 2.75) is 25.5 Å². The molecule has 8 heteroatoms. The first-order valence-corrected chi connectivity index (χ1v) is 10.2. The Morgan fingerprint density at radius 2 is 2.07 bits per heavy atom. The lowest BCUT2D eigenvalue weighted by molar-refractivity contribution is -0.129. The number of anilines is 1. The molecule has 1 heterocycles. The van der Waals surface area contributed by atoms with Crippen LogP contribution in [-0.2, 0) is 9.59 Å². The first-order chi connectivity index (χ1) is 14.0. The van der Waals surface area contributed by atoms with Gasteiger partial charge in [0, 0.05) is 24.7 Å². The molecule has 1 unspecified atom stereocenters. The summed E-state index contributed by atoms with van der Waals surface area (Å²) in [5.41, 5.74) is 0.986. The number of halogens is 1. The van der Waals surface area contributed by atoms with E-state index in [0.29, 0.717) is 35.4 Å². The van der Waals surface area contributed by atoms with Gasteiger partial charge in [0.2, 0.25) is 11.8 Å². The summed E-state index contributed by atoms with van der Waals surface area (Å²) in [6, 6.07) is 12.9. The Balaban J connectivity index is 1.78. The van der Waals surface area contributed by atoms with Crippen LogP contribution in [-0.4, -0.2) is 40.3 Å². The standard InChI is InChI=1S/C21H22FN3O3S/c1-3-25-19(26)13-18(29-21(25)24-15-8-5-7-14(22)11-15)20(27)23-16-9-6-10-17(12-16)28-4-2/h5-12,18H,3-4,13H2,1-2H3,(H,23,27). The average Bonchev–Trinajstić information content (AvgIpc) is 2.68. The monoisotopic (exact) mass is 415 g/mol. The van der Waals surface area contributed by atoms with E-state index in [1.807, 2.05) is 13.8 Å². The van der Waals surface area contributed by atoms with Gasteiger partial charge in [-0.1, -0.05) is 23.9 Å². The molecule has 3 rings (SSSR count). The van der Waals surface area contributed by atoms with Gasteiger partial charge in [0.15, 0.2) is 5.17 Å². The molecule has 6 nitrogen and oxygen atoms in total. The highest BCUT2D eigenvalue weighted by molar-refractivity contribution is 8.15. The van der Waals surface area contributed by atoms with E-state index in [2.05, 4.69) is 10.3 Å². The van der Waals surface area contributed by atoms with Gasteiger partial charge in [-0.05, 0) is 44.2 Å². The summed E-state index contributed by atoms with van der Waals surface area (Å²) in [6.45, 7) is 4.66. The van der Waals surface area contributed by atoms with E-state index in [4.69, 9.17) is 4.74 Å². The number of nitrogens with zero attached hydrogens (tertiary/aromatic N) is 2. The van der Waals surface area contributed by atoms with Crippen molar-refractivity contribution in [3.8, 4) is 5.75 Å². The number of hydrogen-bond donors (Lipinski definition) is 1. The predicted molar refractivity (Wildman–Crippen MR) is 113 cm³/mol. The highest BCUT2D eigenvalue weighted by atomic mass is 32.2. The van der Waals surface area contributed by atoms with Gasteiger partial charge in [-0.25, -0.2) is 9.38 Å². The van der Waals surface area contributed by atoms with Crippen LogP contribution in [0.1, 0.15) is 20.3 Å². The number of carbonyl (C=O) groups excluding carboxylic acids is 2. The molecule has 152 valence electrons. The molecule has 1 aliphatic rings. The molecule has 0 bridgehead atoms. The molecule has 1 saturated heterocycles. The molecule has 0 aliphatic carbocycles. The van der Waals surface area contributed by atoms with Crippen LogP contribution in [0, 0.1) is 5.82 Å². The molecule has 0 radical (unpaired) electrons. The molecule has 0 saturated carbocycles. The van der Waals surface area contributed by atoms with E-state index < -0.39 is 11.1 Å². The number of rotatable bonds is 6. The Kier molecular flexibility index (Phi) is 6.87. The van der Waals surface area contributed by atoms with Gasteiger partial charge < -0.3 is 10.1 Å². The molecule has 1 N–H and O–H groups in total. The van der Waals surface area contributed by atoms with Crippen molar-refractivity contribution in [2.24, 2.45) is 4.99 Å². The first-order valence-electron chi connectivity index (χ1n) is 9.35. The number of carbonyl (C=O) groups is 2. The Morgan fingerprint density at radius 1 is 1.28 bits per heavy atom. The first kappa shape index (κ1) is 20.9. The summed E-state index contributed by atoms with van der Waals surface area (Å²) >= 11 is 1.20. The van der Waals surface area contributed by atoms with Gasteiger partial charge in [-0.2, -0.15) is 0 Å².